The van der Waals surface area contributed by atoms with Gasteiger partial charge in [0.15, 0.2) is 0 Å². The molecule has 0 radical (unpaired) electrons. The highest BCUT2D eigenvalue weighted by Crippen LogP contribution is 2.31. The minimum absolute atomic E-state index is 0.280. The van der Waals surface area contributed by atoms with E-state index in [-0.39, 0.29) is 5.54 Å². The first-order valence-electron chi connectivity index (χ1n) is 9.52. The lowest BCUT2D eigenvalue weighted by Gasteiger charge is -2.48. The van der Waals surface area contributed by atoms with Crippen LogP contribution in [0.15, 0.2) is 23.1 Å². The van der Waals surface area contributed by atoms with E-state index in [1.165, 1.54) is 42.8 Å². The molecule has 1 aromatic rings. The van der Waals surface area contributed by atoms with Crippen LogP contribution >= 0.6 is 11.8 Å². The van der Waals surface area contributed by atoms with Crippen LogP contribution in [0, 0.1) is 0 Å². The first kappa shape index (κ1) is 19.0. The molecule has 2 fully saturated rings. The number of rotatable bonds is 7. The summed E-state index contributed by atoms with van der Waals surface area (Å²) >= 11 is 1.73. The van der Waals surface area contributed by atoms with Crippen LogP contribution in [0.2, 0.25) is 0 Å². The summed E-state index contributed by atoms with van der Waals surface area (Å²) in [6, 6.07) is 6.53. The number of ether oxygens (including phenoxy) is 2. The number of nitrogens with one attached hydrogen (secondary N) is 1. The lowest BCUT2D eigenvalue weighted by Crippen LogP contribution is -2.59. The third-order valence-electron chi connectivity index (χ3n) is 5.68. The Morgan fingerprint density at radius 1 is 1.20 bits per heavy atom. The lowest BCUT2D eigenvalue weighted by molar-refractivity contribution is -0.0358. The normalized spacial score (nSPS) is 21.2. The van der Waals surface area contributed by atoms with E-state index in [2.05, 4.69) is 34.7 Å². The number of nitrogens with zero attached hydrogens (tertiary/aromatic N) is 1. The van der Waals surface area contributed by atoms with E-state index < -0.39 is 0 Å². The molecule has 0 aromatic heterocycles. The van der Waals surface area contributed by atoms with Gasteiger partial charge in [-0.05, 0) is 62.7 Å². The van der Waals surface area contributed by atoms with Crippen LogP contribution in [-0.4, -0.2) is 56.7 Å². The minimum atomic E-state index is 0.280. The highest BCUT2D eigenvalue weighted by Gasteiger charge is 2.38. The Morgan fingerprint density at radius 2 is 1.96 bits per heavy atom. The first-order valence-corrected chi connectivity index (χ1v) is 10.7. The first-order chi connectivity index (χ1) is 12.3. The summed E-state index contributed by atoms with van der Waals surface area (Å²) in [5.41, 5.74) is 1.57. The molecule has 2 aliphatic heterocycles. The van der Waals surface area contributed by atoms with Gasteiger partial charge in [0.2, 0.25) is 0 Å². The number of hydrogen-bond donors (Lipinski definition) is 1. The molecule has 0 saturated carbocycles. The quantitative estimate of drug-likeness (QED) is 0.749. The second-order valence-corrected chi connectivity index (χ2v) is 8.03. The van der Waals surface area contributed by atoms with Gasteiger partial charge in [0.1, 0.15) is 5.75 Å². The van der Waals surface area contributed by atoms with Gasteiger partial charge in [-0.2, -0.15) is 0 Å². The molecule has 5 heteroatoms. The molecule has 1 N–H and O–H groups in total. The van der Waals surface area contributed by atoms with Crippen molar-refractivity contribution in [2.75, 3.05) is 46.2 Å². The third-order valence-corrected chi connectivity index (χ3v) is 6.46. The molecule has 0 spiro atoms. The highest BCUT2D eigenvalue weighted by atomic mass is 32.2. The van der Waals surface area contributed by atoms with Crippen molar-refractivity contribution in [3.63, 3.8) is 0 Å². The van der Waals surface area contributed by atoms with Crippen molar-refractivity contribution >= 4 is 11.8 Å². The average Bonchev–Trinajstić information content (AvgIpc) is 2.69. The van der Waals surface area contributed by atoms with Gasteiger partial charge in [0, 0.05) is 36.7 Å². The SMILES string of the molecule is COc1cc(CNCC2(N3CCCCC3)CCOCC2)ccc1SC. The Kier molecular flexibility index (Phi) is 7.05. The van der Waals surface area contributed by atoms with Crippen molar-refractivity contribution in [2.45, 2.75) is 49.1 Å². The fourth-order valence-corrected chi connectivity index (χ4v) is 4.70. The van der Waals surface area contributed by atoms with Gasteiger partial charge in [-0.15, -0.1) is 11.8 Å². The zero-order valence-corrected chi connectivity index (χ0v) is 16.5. The number of likely N-dealkylation sites (tertiary alicyclic amines) is 1. The number of hydrogen-bond acceptors (Lipinski definition) is 5. The third kappa shape index (κ3) is 4.70. The Bertz CT molecular complexity index is 540. The average molecular weight is 365 g/mol. The predicted octanol–water partition coefficient (Wildman–Crippen LogP) is 3.54. The maximum atomic E-state index is 5.66. The summed E-state index contributed by atoms with van der Waals surface area (Å²) < 4.78 is 11.2. The fraction of sp³-hybridized carbons (Fsp3) is 0.700. The van der Waals surface area contributed by atoms with E-state index >= 15 is 0 Å². The van der Waals surface area contributed by atoms with Crippen LogP contribution in [0.25, 0.3) is 0 Å². The molecule has 0 amide bonds. The van der Waals surface area contributed by atoms with Crippen molar-refractivity contribution < 1.29 is 9.47 Å². The van der Waals surface area contributed by atoms with Gasteiger partial charge in [0.05, 0.1) is 7.11 Å². The molecule has 25 heavy (non-hydrogen) atoms. The highest BCUT2D eigenvalue weighted by molar-refractivity contribution is 7.98. The largest absolute Gasteiger partial charge is 0.496 e. The van der Waals surface area contributed by atoms with Crippen LogP contribution in [0.3, 0.4) is 0 Å². The standard InChI is InChI=1S/C20H32N2O2S/c1-23-18-14-17(6-7-19(18)25-2)15-21-16-20(8-12-24-13-9-20)22-10-4-3-5-11-22/h6-7,14,21H,3-5,8-13,15-16H2,1-2H3. The second kappa shape index (κ2) is 9.26. The van der Waals surface area contributed by atoms with Crippen molar-refractivity contribution in [2.24, 2.45) is 0 Å². The van der Waals surface area contributed by atoms with E-state index in [1.54, 1.807) is 18.9 Å². The van der Waals surface area contributed by atoms with Crippen molar-refractivity contribution in [1.29, 1.82) is 0 Å². The monoisotopic (exact) mass is 364 g/mol. The lowest BCUT2D eigenvalue weighted by atomic mass is 9.86. The van der Waals surface area contributed by atoms with Gasteiger partial charge in [0.25, 0.3) is 0 Å². The van der Waals surface area contributed by atoms with Crippen LogP contribution in [0.5, 0.6) is 5.75 Å². The minimum Gasteiger partial charge on any atom is -0.496 e. The van der Waals surface area contributed by atoms with E-state index in [4.69, 9.17) is 9.47 Å². The van der Waals surface area contributed by atoms with E-state index in [0.717, 1.165) is 44.9 Å². The molecule has 0 unspecified atom stereocenters. The Morgan fingerprint density at radius 3 is 2.64 bits per heavy atom. The molecule has 0 bridgehead atoms. The molecule has 3 rings (SSSR count). The molecule has 2 aliphatic rings. The van der Waals surface area contributed by atoms with Crippen LogP contribution in [-0.2, 0) is 11.3 Å². The molecular weight excluding hydrogens is 332 g/mol. The Hall–Kier alpha value is -0.750. The van der Waals surface area contributed by atoms with Gasteiger partial charge in [-0.25, -0.2) is 0 Å². The number of piperidine rings is 1. The fourth-order valence-electron chi connectivity index (χ4n) is 4.15. The number of methoxy groups -OCH3 is 1. The summed E-state index contributed by atoms with van der Waals surface area (Å²) in [4.78, 5) is 3.93. The number of benzene rings is 1. The summed E-state index contributed by atoms with van der Waals surface area (Å²) in [5.74, 6) is 0.976. The van der Waals surface area contributed by atoms with Crippen LogP contribution < -0.4 is 10.1 Å². The van der Waals surface area contributed by atoms with Gasteiger partial charge >= 0.3 is 0 Å². The molecular formula is C20H32N2O2S. The molecule has 2 heterocycles. The molecule has 0 atom stereocenters. The number of thioether (sulfide) groups is 1. The molecule has 4 nitrogen and oxygen atoms in total. The second-order valence-electron chi connectivity index (χ2n) is 7.18. The van der Waals surface area contributed by atoms with E-state index in [9.17, 15) is 0 Å². The predicted molar refractivity (Wildman–Crippen MR) is 105 cm³/mol. The Balaban J connectivity index is 1.61. The topological polar surface area (TPSA) is 33.7 Å². The molecule has 2 saturated heterocycles. The van der Waals surface area contributed by atoms with E-state index in [1.807, 2.05) is 0 Å². The molecule has 1 aromatic carbocycles. The zero-order valence-electron chi connectivity index (χ0n) is 15.7. The van der Waals surface area contributed by atoms with Crippen LogP contribution in [0.1, 0.15) is 37.7 Å². The van der Waals surface area contributed by atoms with Gasteiger partial charge < -0.3 is 14.8 Å². The maximum absolute atomic E-state index is 5.66. The summed E-state index contributed by atoms with van der Waals surface area (Å²) in [6.07, 6.45) is 8.46. The summed E-state index contributed by atoms with van der Waals surface area (Å²) in [7, 11) is 1.75. The smallest absolute Gasteiger partial charge is 0.132 e. The zero-order chi connectivity index (χ0) is 17.5. The van der Waals surface area contributed by atoms with Crippen LogP contribution in [0.4, 0.5) is 0 Å². The Labute approximate surface area is 156 Å². The molecule has 140 valence electrons. The maximum Gasteiger partial charge on any atom is 0.132 e. The summed E-state index contributed by atoms with van der Waals surface area (Å²) in [5, 5.41) is 3.74. The van der Waals surface area contributed by atoms with Crippen molar-refractivity contribution in [1.82, 2.24) is 10.2 Å². The van der Waals surface area contributed by atoms with E-state index in [0.29, 0.717) is 0 Å². The summed E-state index contributed by atoms with van der Waals surface area (Å²) in [6.45, 7) is 6.23. The van der Waals surface area contributed by atoms with Crippen molar-refractivity contribution in [3.05, 3.63) is 23.8 Å². The van der Waals surface area contributed by atoms with Gasteiger partial charge in [-0.1, -0.05) is 12.5 Å². The van der Waals surface area contributed by atoms with Gasteiger partial charge in [-0.3, -0.25) is 4.90 Å². The molecule has 0 aliphatic carbocycles. The van der Waals surface area contributed by atoms with Crippen molar-refractivity contribution in [3.8, 4) is 5.75 Å².